The van der Waals surface area contributed by atoms with Crippen LogP contribution >= 0.6 is 0 Å². The summed E-state index contributed by atoms with van der Waals surface area (Å²) in [7, 11) is -2.38. The van der Waals surface area contributed by atoms with E-state index in [9.17, 15) is 13.2 Å². The van der Waals surface area contributed by atoms with Crippen LogP contribution in [0.4, 0.5) is 11.4 Å². The molecule has 2 aromatic carbocycles. The molecule has 0 spiro atoms. The van der Waals surface area contributed by atoms with Gasteiger partial charge in [-0.3, -0.25) is 14.5 Å². The van der Waals surface area contributed by atoms with Gasteiger partial charge in [-0.2, -0.15) is 0 Å². The van der Waals surface area contributed by atoms with Gasteiger partial charge in [-0.15, -0.1) is 0 Å². The number of aromatic nitrogens is 1. The topological polar surface area (TPSA) is 97.4 Å². The molecule has 2 N–H and O–H groups in total. The zero-order valence-electron chi connectivity index (χ0n) is 14.4. The van der Waals surface area contributed by atoms with Gasteiger partial charge in [0.2, 0.25) is 0 Å². The summed E-state index contributed by atoms with van der Waals surface area (Å²) in [5, 5.41) is 2.63. The first-order valence-electron chi connectivity index (χ1n) is 7.97. The summed E-state index contributed by atoms with van der Waals surface area (Å²) in [5.74, 6) is 0.187. The van der Waals surface area contributed by atoms with Gasteiger partial charge in [-0.05, 0) is 48.5 Å². The Balaban J connectivity index is 1.86. The molecular weight excluding hydrogens is 366 g/mol. The Labute approximate surface area is 157 Å². The Morgan fingerprint density at radius 3 is 2.30 bits per heavy atom. The van der Waals surface area contributed by atoms with Crippen LogP contribution in [0.3, 0.4) is 0 Å². The maximum absolute atomic E-state index is 12.8. The molecule has 0 aliphatic rings. The monoisotopic (exact) mass is 383 g/mol. The van der Waals surface area contributed by atoms with Crippen LogP contribution in [0.1, 0.15) is 10.4 Å². The van der Waals surface area contributed by atoms with Crippen molar-refractivity contribution in [3.8, 4) is 5.75 Å². The molecule has 0 bridgehead atoms. The van der Waals surface area contributed by atoms with E-state index in [1.807, 2.05) is 0 Å². The zero-order chi connectivity index (χ0) is 19.3. The van der Waals surface area contributed by atoms with Gasteiger partial charge in [0.15, 0.2) is 0 Å². The Hall–Kier alpha value is -3.39. The Kier molecular flexibility index (Phi) is 5.37. The van der Waals surface area contributed by atoms with E-state index in [2.05, 4.69) is 15.0 Å². The molecule has 0 unspecified atom stereocenters. The molecule has 27 heavy (non-hydrogen) atoms. The molecule has 0 fully saturated rings. The molecule has 138 valence electrons. The van der Waals surface area contributed by atoms with Crippen LogP contribution in [0, 0.1) is 0 Å². The van der Waals surface area contributed by atoms with Crippen molar-refractivity contribution in [3.05, 3.63) is 78.6 Å². The van der Waals surface area contributed by atoms with Gasteiger partial charge >= 0.3 is 0 Å². The van der Waals surface area contributed by atoms with Gasteiger partial charge in [0.1, 0.15) is 10.6 Å². The van der Waals surface area contributed by atoms with Gasteiger partial charge < -0.3 is 10.1 Å². The van der Waals surface area contributed by atoms with Crippen LogP contribution in [-0.2, 0) is 10.0 Å². The number of nitrogens with one attached hydrogen (secondary N) is 2. The summed E-state index contributed by atoms with van der Waals surface area (Å²) in [6.45, 7) is 0. The predicted molar refractivity (Wildman–Crippen MR) is 102 cm³/mol. The number of rotatable bonds is 6. The molecule has 0 atom stereocenters. The summed E-state index contributed by atoms with van der Waals surface area (Å²) in [6.07, 6.45) is 2.98. The van der Waals surface area contributed by atoms with Crippen molar-refractivity contribution in [2.24, 2.45) is 0 Å². The van der Waals surface area contributed by atoms with Crippen molar-refractivity contribution in [2.75, 3.05) is 17.1 Å². The molecule has 1 aromatic heterocycles. The summed E-state index contributed by atoms with van der Waals surface area (Å²) in [5.41, 5.74) is 0.937. The quantitative estimate of drug-likeness (QED) is 0.681. The third-order valence-electron chi connectivity index (χ3n) is 3.71. The van der Waals surface area contributed by atoms with Crippen LogP contribution in [0.2, 0.25) is 0 Å². The second kappa shape index (κ2) is 7.88. The smallest absolute Gasteiger partial charge is 0.263 e. The van der Waals surface area contributed by atoms with Crippen LogP contribution in [0.5, 0.6) is 5.75 Å². The molecule has 7 nitrogen and oxygen atoms in total. The van der Waals surface area contributed by atoms with E-state index in [1.54, 1.807) is 48.5 Å². The largest absolute Gasteiger partial charge is 0.497 e. The average Bonchev–Trinajstić information content (AvgIpc) is 2.69. The number of methoxy groups -OCH3 is 1. The first-order chi connectivity index (χ1) is 13.0. The Morgan fingerprint density at radius 1 is 0.963 bits per heavy atom. The minimum absolute atomic E-state index is 0.0387. The fourth-order valence-electron chi connectivity index (χ4n) is 2.37. The standard InChI is InChI=1S/C19H17N3O4S/c1-26-16-8-6-15(7-9-16)22-27(24,25)18-5-3-2-4-17(18)21-19(23)14-10-12-20-13-11-14/h2-13,22H,1H3,(H,21,23). The van der Waals surface area contributed by atoms with E-state index >= 15 is 0 Å². The highest BCUT2D eigenvalue weighted by atomic mass is 32.2. The number of anilines is 2. The number of nitrogens with zero attached hydrogens (tertiary/aromatic N) is 1. The van der Waals surface area contributed by atoms with Crippen molar-refractivity contribution in [1.29, 1.82) is 0 Å². The third kappa shape index (κ3) is 4.42. The number of sulfonamides is 1. The molecule has 3 rings (SSSR count). The van der Waals surface area contributed by atoms with Crippen LogP contribution < -0.4 is 14.8 Å². The molecule has 1 heterocycles. The number of carbonyl (C=O) groups is 1. The molecule has 0 radical (unpaired) electrons. The molecule has 0 aliphatic carbocycles. The molecular formula is C19H17N3O4S. The number of para-hydroxylation sites is 1. The van der Waals surface area contributed by atoms with Gasteiger partial charge in [0, 0.05) is 23.6 Å². The minimum atomic E-state index is -3.91. The van der Waals surface area contributed by atoms with E-state index < -0.39 is 15.9 Å². The third-order valence-corrected chi connectivity index (χ3v) is 5.15. The highest BCUT2D eigenvalue weighted by Crippen LogP contribution is 2.25. The second-order valence-corrected chi connectivity index (χ2v) is 7.17. The van der Waals surface area contributed by atoms with Crippen LogP contribution in [0.15, 0.2) is 78.0 Å². The van der Waals surface area contributed by atoms with Gasteiger partial charge in [-0.25, -0.2) is 8.42 Å². The highest BCUT2D eigenvalue weighted by molar-refractivity contribution is 7.92. The normalized spacial score (nSPS) is 10.9. The fraction of sp³-hybridized carbons (Fsp3) is 0.0526. The number of hydrogen-bond donors (Lipinski definition) is 2. The van der Waals surface area contributed by atoms with Gasteiger partial charge in [0.25, 0.3) is 15.9 Å². The van der Waals surface area contributed by atoms with Gasteiger partial charge in [-0.1, -0.05) is 12.1 Å². The molecule has 0 saturated heterocycles. The fourth-order valence-corrected chi connectivity index (χ4v) is 3.59. The van der Waals surface area contributed by atoms with Gasteiger partial charge in [0.05, 0.1) is 12.8 Å². The van der Waals surface area contributed by atoms with Crippen molar-refractivity contribution in [1.82, 2.24) is 4.98 Å². The maximum atomic E-state index is 12.8. The Bertz CT molecular complexity index is 1040. The van der Waals surface area contributed by atoms with E-state index in [0.29, 0.717) is 17.0 Å². The zero-order valence-corrected chi connectivity index (χ0v) is 15.2. The highest BCUT2D eigenvalue weighted by Gasteiger charge is 2.20. The lowest BCUT2D eigenvalue weighted by Gasteiger charge is -2.13. The number of benzene rings is 2. The Morgan fingerprint density at radius 2 is 1.63 bits per heavy atom. The number of pyridine rings is 1. The SMILES string of the molecule is COc1ccc(NS(=O)(=O)c2ccccc2NC(=O)c2ccncc2)cc1. The molecule has 0 aliphatic heterocycles. The summed E-state index contributed by atoms with van der Waals surface area (Å²) in [6, 6.07) is 15.8. The number of carbonyl (C=O) groups excluding carboxylic acids is 1. The first kappa shape index (κ1) is 18.4. The van der Waals surface area contributed by atoms with E-state index in [1.165, 1.54) is 31.6 Å². The average molecular weight is 383 g/mol. The van der Waals surface area contributed by atoms with E-state index in [0.717, 1.165) is 0 Å². The number of ether oxygens (including phenoxy) is 1. The first-order valence-corrected chi connectivity index (χ1v) is 9.45. The summed E-state index contributed by atoms with van der Waals surface area (Å²) in [4.78, 5) is 16.2. The second-order valence-electron chi connectivity index (χ2n) is 5.52. The molecule has 1 amide bonds. The lowest BCUT2D eigenvalue weighted by Crippen LogP contribution is -2.18. The molecule has 0 saturated carbocycles. The summed E-state index contributed by atoms with van der Waals surface area (Å²) < 4.78 is 33.1. The summed E-state index contributed by atoms with van der Waals surface area (Å²) >= 11 is 0. The molecule has 8 heteroatoms. The van der Waals surface area contributed by atoms with E-state index in [4.69, 9.17) is 4.74 Å². The van der Waals surface area contributed by atoms with Crippen LogP contribution in [-0.4, -0.2) is 26.4 Å². The van der Waals surface area contributed by atoms with Crippen molar-refractivity contribution in [3.63, 3.8) is 0 Å². The number of hydrogen-bond acceptors (Lipinski definition) is 5. The van der Waals surface area contributed by atoms with Crippen molar-refractivity contribution >= 4 is 27.3 Å². The predicted octanol–water partition coefficient (Wildman–Crippen LogP) is 3.14. The molecule has 3 aromatic rings. The van der Waals surface area contributed by atoms with Crippen molar-refractivity contribution < 1.29 is 17.9 Å². The van der Waals surface area contributed by atoms with Crippen LogP contribution in [0.25, 0.3) is 0 Å². The number of amides is 1. The lowest BCUT2D eigenvalue weighted by atomic mass is 10.2. The van der Waals surface area contributed by atoms with Crippen molar-refractivity contribution in [2.45, 2.75) is 4.90 Å². The lowest BCUT2D eigenvalue weighted by molar-refractivity contribution is 0.102. The van der Waals surface area contributed by atoms with E-state index in [-0.39, 0.29) is 10.6 Å². The minimum Gasteiger partial charge on any atom is -0.497 e. The maximum Gasteiger partial charge on any atom is 0.263 e.